The van der Waals surface area contributed by atoms with Crippen LogP contribution in [0.4, 0.5) is 0 Å². The molecule has 4 heteroatoms. The normalized spacial score (nSPS) is 12.1. The van der Waals surface area contributed by atoms with Crippen molar-refractivity contribution in [1.82, 2.24) is 14.9 Å². The molecule has 0 fully saturated rings. The lowest BCUT2D eigenvalue weighted by atomic mass is 10.1. The highest BCUT2D eigenvalue weighted by Crippen LogP contribution is 2.30. The van der Waals surface area contributed by atoms with E-state index in [-0.39, 0.29) is 0 Å². The molecular weight excluding hydrogens is 298 g/mol. The molecule has 1 aromatic heterocycles. The lowest BCUT2D eigenvalue weighted by Gasteiger charge is -2.16. The highest BCUT2D eigenvalue weighted by Gasteiger charge is 2.11. The van der Waals surface area contributed by atoms with E-state index >= 15 is 0 Å². The molecular formula is C20H23N3O. The molecule has 0 saturated heterocycles. The Morgan fingerprint density at radius 3 is 2.62 bits per heavy atom. The number of hydrogen-bond donors (Lipinski definition) is 1. The molecule has 1 atom stereocenters. The van der Waals surface area contributed by atoms with Gasteiger partial charge in [0.25, 0.3) is 0 Å². The minimum Gasteiger partial charge on any atom is -0.496 e. The van der Waals surface area contributed by atoms with E-state index < -0.39 is 0 Å². The number of benzene rings is 2. The first-order valence-corrected chi connectivity index (χ1v) is 8.11. The standard InChI is InChI=1S/C20H23N3O/c1-15(17-7-5-4-6-8-17)22-12-16-9-10-20(24-3)18(11-16)19-13-21-14-23(19)2/h4-11,13-15,22H,12H2,1-3H3/t15-/m1/s1. The van der Waals surface area contributed by atoms with Crippen molar-refractivity contribution in [2.24, 2.45) is 7.05 Å². The summed E-state index contributed by atoms with van der Waals surface area (Å²) >= 11 is 0. The molecule has 1 heterocycles. The van der Waals surface area contributed by atoms with Crippen LogP contribution in [0.1, 0.15) is 24.1 Å². The van der Waals surface area contributed by atoms with Gasteiger partial charge in [-0.05, 0) is 30.2 Å². The van der Waals surface area contributed by atoms with Crippen LogP contribution in [0.5, 0.6) is 5.75 Å². The molecule has 0 aliphatic rings. The first-order valence-electron chi connectivity index (χ1n) is 8.11. The van der Waals surface area contributed by atoms with Gasteiger partial charge in [-0.1, -0.05) is 36.4 Å². The number of aryl methyl sites for hydroxylation is 1. The van der Waals surface area contributed by atoms with Crippen molar-refractivity contribution in [2.45, 2.75) is 19.5 Å². The zero-order valence-electron chi connectivity index (χ0n) is 14.4. The van der Waals surface area contributed by atoms with Gasteiger partial charge in [0.15, 0.2) is 0 Å². The summed E-state index contributed by atoms with van der Waals surface area (Å²) in [6, 6.07) is 17.1. The summed E-state index contributed by atoms with van der Waals surface area (Å²) in [6.45, 7) is 2.98. The van der Waals surface area contributed by atoms with Crippen LogP contribution < -0.4 is 10.1 Å². The van der Waals surface area contributed by atoms with E-state index in [1.54, 1.807) is 13.4 Å². The fourth-order valence-corrected chi connectivity index (χ4v) is 2.81. The van der Waals surface area contributed by atoms with Gasteiger partial charge >= 0.3 is 0 Å². The minimum absolute atomic E-state index is 0.299. The topological polar surface area (TPSA) is 39.1 Å². The van der Waals surface area contributed by atoms with Crippen LogP contribution in [0, 0.1) is 0 Å². The Morgan fingerprint density at radius 1 is 1.17 bits per heavy atom. The molecule has 3 rings (SSSR count). The molecule has 24 heavy (non-hydrogen) atoms. The van der Waals surface area contributed by atoms with Gasteiger partial charge < -0.3 is 14.6 Å². The largest absolute Gasteiger partial charge is 0.496 e. The number of aromatic nitrogens is 2. The lowest BCUT2D eigenvalue weighted by molar-refractivity contribution is 0.416. The van der Waals surface area contributed by atoms with Crippen molar-refractivity contribution >= 4 is 0 Å². The minimum atomic E-state index is 0.299. The van der Waals surface area contributed by atoms with Crippen molar-refractivity contribution in [1.29, 1.82) is 0 Å². The second kappa shape index (κ2) is 7.32. The first-order chi connectivity index (χ1) is 11.7. The maximum Gasteiger partial charge on any atom is 0.128 e. The summed E-state index contributed by atoms with van der Waals surface area (Å²) in [7, 11) is 3.69. The number of hydrogen-bond acceptors (Lipinski definition) is 3. The molecule has 0 unspecified atom stereocenters. The predicted molar refractivity (Wildman–Crippen MR) is 96.9 cm³/mol. The average molecular weight is 321 g/mol. The van der Waals surface area contributed by atoms with Crippen LogP contribution in [0.25, 0.3) is 11.3 Å². The number of ether oxygens (including phenoxy) is 1. The Bertz CT molecular complexity index is 796. The van der Waals surface area contributed by atoms with Crippen LogP contribution in [-0.2, 0) is 13.6 Å². The Labute approximate surface area is 143 Å². The quantitative estimate of drug-likeness (QED) is 0.747. The fraction of sp³-hybridized carbons (Fsp3) is 0.250. The summed E-state index contributed by atoms with van der Waals surface area (Å²) in [5.41, 5.74) is 4.61. The molecule has 0 saturated carbocycles. The number of nitrogens with one attached hydrogen (secondary N) is 1. The maximum atomic E-state index is 5.51. The van der Waals surface area contributed by atoms with Crippen molar-refractivity contribution in [3.63, 3.8) is 0 Å². The van der Waals surface area contributed by atoms with E-state index in [0.29, 0.717) is 6.04 Å². The van der Waals surface area contributed by atoms with Gasteiger partial charge in [0.2, 0.25) is 0 Å². The van der Waals surface area contributed by atoms with Gasteiger partial charge in [-0.25, -0.2) is 4.98 Å². The van der Waals surface area contributed by atoms with Crippen LogP contribution in [-0.4, -0.2) is 16.7 Å². The third-order valence-corrected chi connectivity index (χ3v) is 4.27. The maximum absolute atomic E-state index is 5.51. The van der Waals surface area contributed by atoms with Gasteiger partial charge in [0.05, 0.1) is 25.3 Å². The molecule has 1 N–H and O–H groups in total. The molecule has 124 valence electrons. The zero-order chi connectivity index (χ0) is 16.9. The first kappa shape index (κ1) is 16.3. The van der Waals surface area contributed by atoms with Crippen molar-refractivity contribution in [2.75, 3.05) is 7.11 Å². The Hall–Kier alpha value is -2.59. The number of imidazole rings is 1. The van der Waals surface area contributed by atoms with E-state index in [9.17, 15) is 0 Å². The Kier molecular flexibility index (Phi) is 4.96. The second-order valence-electron chi connectivity index (χ2n) is 5.94. The Morgan fingerprint density at radius 2 is 1.96 bits per heavy atom. The number of methoxy groups -OCH3 is 1. The lowest BCUT2D eigenvalue weighted by Crippen LogP contribution is -2.18. The predicted octanol–water partition coefficient (Wildman–Crippen LogP) is 3.95. The molecule has 0 aliphatic carbocycles. The van der Waals surface area contributed by atoms with Crippen LogP contribution in [0.15, 0.2) is 61.1 Å². The molecule has 0 aliphatic heterocycles. The molecule has 0 spiro atoms. The summed E-state index contributed by atoms with van der Waals surface area (Å²) < 4.78 is 7.51. The number of nitrogens with zero attached hydrogens (tertiary/aromatic N) is 2. The second-order valence-corrected chi connectivity index (χ2v) is 5.94. The summed E-state index contributed by atoms with van der Waals surface area (Å²) in [4.78, 5) is 4.21. The third-order valence-electron chi connectivity index (χ3n) is 4.27. The molecule has 0 radical (unpaired) electrons. The summed E-state index contributed by atoms with van der Waals surface area (Å²) in [5, 5.41) is 3.58. The smallest absolute Gasteiger partial charge is 0.128 e. The van der Waals surface area contributed by atoms with Gasteiger partial charge in [-0.15, -0.1) is 0 Å². The SMILES string of the molecule is COc1ccc(CN[C@H](C)c2ccccc2)cc1-c1cncn1C. The van der Waals surface area contributed by atoms with Crippen LogP contribution in [0.2, 0.25) is 0 Å². The molecule has 4 nitrogen and oxygen atoms in total. The average Bonchev–Trinajstić information content (AvgIpc) is 3.06. The van der Waals surface area contributed by atoms with Gasteiger partial charge in [-0.3, -0.25) is 0 Å². The van der Waals surface area contributed by atoms with E-state index in [1.807, 2.05) is 29.9 Å². The van der Waals surface area contributed by atoms with Gasteiger partial charge in [0.1, 0.15) is 5.75 Å². The van der Waals surface area contributed by atoms with E-state index in [2.05, 4.69) is 53.6 Å². The van der Waals surface area contributed by atoms with Crippen molar-refractivity contribution < 1.29 is 4.74 Å². The highest BCUT2D eigenvalue weighted by molar-refractivity contribution is 5.68. The van der Waals surface area contributed by atoms with E-state index in [1.165, 1.54) is 11.1 Å². The highest BCUT2D eigenvalue weighted by atomic mass is 16.5. The molecule has 0 bridgehead atoms. The van der Waals surface area contributed by atoms with E-state index in [0.717, 1.165) is 23.6 Å². The number of rotatable bonds is 6. The molecule has 3 aromatic rings. The summed E-state index contributed by atoms with van der Waals surface area (Å²) in [5.74, 6) is 0.860. The molecule has 0 amide bonds. The van der Waals surface area contributed by atoms with Gasteiger partial charge in [0, 0.05) is 25.2 Å². The summed E-state index contributed by atoms with van der Waals surface area (Å²) in [6.07, 6.45) is 3.67. The third kappa shape index (κ3) is 3.49. The fourth-order valence-electron chi connectivity index (χ4n) is 2.81. The molecule has 2 aromatic carbocycles. The monoisotopic (exact) mass is 321 g/mol. The van der Waals surface area contributed by atoms with Gasteiger partial charge in [-0.2, -0.15) is 0 Å². The van der Waals surface area contributed by atoms with E-state index in [4.69, 9.17) is 4.74 Å². The Balaban J connectivity index is 1.79. The van der Waals surface area contributed by atoms with Crippen molar-refractivity contribution in [3.8, 4) is 17.0 Å². The van der Waals surface area contributed by atoms with Crippen LogP contribution >= 0.6 is 0 Å². The van der Waals surface area contributed by atoms with Crippen LogP contribution in [0.3, 0.4) is 0 Å². The zero-order valence-corrected chi connectivity index (χ0v) is 14.4. The van der Waals surface area contributed by atoms with Crippen molar-refractivity contribution in [3.05, 3.63) is 72.2 Å².